The molecular weight excluding hydrogens is 521 g/mol. The molecule has 210 valence electrons. The molecule has 3 rings (SSSR count). The molecule has 2 atom stereocenters. The summed E-state index contributed by atoms with van der Waals surface area (Å²) >= 11 is 0. The third-order valence-corrected chi connectivity index (χ3v) is 5.90. The van der Waals surface area contributed by atoms with Crippen LogP contribution in [-0.4, -0.2) is 54.2 Å². The van der Waals surface area contributed by atoms with E-state index in [1.165, 1.54) is 12.3 Å². The largest absolute Gasteiger partial charge is 0.465 e. The molecule has 2 amide bonds. The van der Waals surface area contributed by atoms with Crippen molar-refractivity contribution in [1.82, 2.24) is 25.3 Å². The molecule has 0 spiro atoms. The number of carboxylic acid groups (broad SMARTS) is 1. The van der Waals surface area contributed by atoms with Gasteiger partial charge >= 0.3 is 12.3 Å². The van der Waals surface area contributed by atoms with Gasteiger partial charge < -0.3 is 14.8 Å². The maximum absolute atomic E-state index is 13.3. The van der Waals surface area contributed by atoms with Crippen LogP contribution in [0.25, 0.3) is 11.5 Å². The Bertz CT molecular complexity index is 1280. The van der Waals surface area contributed by atoms with E-state index in [9.17, 15) is 32.7 Å². The number of ketones is 1. The summed E-state index contributed by atoms with van der Waals surface area (Å²) in [5.41, 5.74) is -1.58. The summed E-state index contributed by atoms with van der Waals surface area (Å²) in [5, 5.41) is 26.8. The highest BCUT2D eigenvalue weighted by molar-refractivity contribution is 6.42. The Morgan fingerprint density at radius 3 is 2.28 bits per heavy atom. The van der Waals surface area contributed by atoms with Gasteiger partial charge in [0.05, 0.1) is 11.8 Å². The van der Waals surface area contributed by atoms with Gasteiger partial charge in [-0.3, -0.25) is 19.6 Å². The van der Waals surface area contributed by atoms with E-state index < -0.39 is 47.0 Å². The van der Waals surface area contributed by atoms with Crippen molar-refractivity contribution in [2.24, 2.45) is 5.41 Å². The van der Waals surface area contributed by atoms with Crippen molar-refractivity contribution in [1.29, 1.82) is 0 Å². The van der Waals surface area contributed by atoms with E-state index in [0.29, 0.717) is 12.8 Å². The highest BCUT2D eigenvalue weighted by atomic mass is 19.4. The Balaban J connectivity index is 2.00. The van der Waals surface area contributed by atoms with Crippen LogP contribution < -0.4 is 5.32 Å². The molecule has 0 bridgehead atoms. The highest BCUT2D eigenvalue weighted by Crippen LogP contribution is 2.40. The Labute approximate surface area is 221 Å². The van der Waals surface area contributed by atoms with E-state index in [1.54, 1.807) is 20.8 Å². The van der Waals surface area contributed by atoms with Gasteiger partial charge in [-0.25, -0.2) is 4.79 Å². The van der Waals surface area contributed by atoms with Crippen LogP contribution in [0.5, 0.6) is 0 Å². The summed E-state index contributed by atoms with van der Waals surface area (Å²) in [6.07, 6.45) is -3.54. The number of alkyl halides is 3. The summed E-state index contributed by atoms with van der Waals surface area (Å²) in [6, 6.07) is 2.90. The lowest BCUT2D eigenvalue weighted by atomic mass is 9.84. The quantitative estimate of drug-likeness (QED) is 0.287. The maximum atomic E-state index is 13.3. The van der Waals surface area contributed by atoms with Crippen LogP contribution in [0.1, 0.15) is 64.5 Å². The molecule has 0 aliphatic carbocycles. The number of unbranched alkanes of at least 4 members (excludes halogenated alkanes) is 1. The summed E-state index contributed by atoms with van der Waals surface area (Å²) in [4.78, 5) is 39.6. The number of rotatable bonds is 10. The van der Waals surface area contributed by atoms with Crippen LogP contribution in [0.3, 0.4) is 0 Å². The number of hydrogen-bond acceptors (Lipinski definition) is 7. The van der Waals surface area contributed by atoms with Gasteiger partial charge in [0.1, 0.15) is 17.9 Å². The number of Topliss-reactive ketones (excluding diaryl/α,β-unsaturated/α-hetero) is 1. The summed E-state index contributed by atoms with van der Waals surface area (Å²) in [6.45, 7) is 6.94. The minimum atomic E-state index is -4.53. The minimum Gasteiger partial charge on any atom is -0.465 e. The highest BCUT2D eigenvalue weighted by Gasteiger charge is 2.45. The number of aromatic nitrogens is 4. The Hall–Kier alpha value is -4.23. The number of nitrogens with one attached hydrogen (secondary N) is 2. The van der Waals surface area contributed by atoms with Crippen molar-refractivity contribution in [2.45, 2.75) is 65.2 Å². The van der Waals surface area contributed by atoms with Crippen molar-refractivity contribution in [3.8, 4) is 11.5 Å². The first-order valence-electron chi connectivity index (χ1n) is 12.1. The van der Waals surface area contributed by atoms with Gasteiger partial charge in [0, 0.05) is 11.6 Å². The number of halogens is 3. The lowest BCUT2D eigenvalue weighted by molar-refractivity contribution is -0.139. The topological polar surface area (TPSA) is 154 Å². The first-order valence-corrected chi connectivity index (χ1v) is 12.1. The molecule has 0 saturated heterocycles. The van der Waals surface area contributed by atoms with E-state index >= 15 is 0 Å². The molecule has 2 aromatic heterocycles. The lowest BCUT2D eigenvalue weighted by Crippen LogP contribution is -2.52. The Morgan fingerprint density at radius 1 is 1.10 bits per heavy atom. The SMILES string of the molecule is CCCC[C@@H](C(=O)C(=O)Nc1ccn[nH]1)N(C(=O)O)[C@H](c1nnc(-c2ccc(C(F)(F)F)cc2)o1)C(C)(C)C. The fourth-order valence-electron chi connectivity index (χ4n) is 4.05. The van der Waals surface area contributed by atoms with Crippen molar-refractivity contribution < 1.29 is 37.1 Å². The molecular formula is C25H29F3N6O5. The van der Waals surface area contributed by atoms with E-state index in [2.05, 4.69) is 25.7 Å². The summed E-state index contributed by atoms with van der Waals surface area (Å²) < 4.78 is 44.6. The molecule has 0 aliphatic heterocycles. The third-order valence-electron chi connectivity index (χ3n) is 5.90. The average Bonchev–Trinajstić information content (AvgIpc) is 3.54. The number of aromatic amines is 1. The summed E-state index contributed by atoms with van der Waals surface area (Å²) in [7, 11) is 0. The second kappa shape index (κ2) is 11.7. The second-order valence-corrected chi connectivity index (χ2v) is 9.93. The minimum absolute atomic E-state index is 0.0461. The van der Waals surface area contributed by atoms with Crippen LogP contribution >= 0.6 is 0 Å². The maximum Gasteiger partial charge on any atom is 0.416 e. The van der Waals surface area contributed by atoms with Crippen LogP contribution in [0.2, 0.25) is 0 Å². The molecule has 0 unspecified atom stereocenters. The second-order valence-electron chi connectivity index (χ2n) is 9.93. The first kappa shape index (κ1) is 29.3. The zero-order chi connectivity index (χ0) is 29.0. The molecule has 14 heteroatoms. The number of hydrogen-bond donors (Lipinski definition) is 3. The normalized spacial score (nSPS) is 13.5. The van der Waals surface area contributed by atoms with Gasteiger partial charge in [0.15, 0.2) is 0 Å². The molecule has 39 heavy (non-hydrogen) atoms. The Morgan fingerprint density at radius 2 is 1.77 bits per heavy atom. The number of amides is 2. The fourth-order valence-corrected chi connectivity index (χ4v) is 4.05. The van der Waals surface area contributed by atoms with Gasteiger partial charge in [-0.1, -0.05) is 40.5 Å². The first-order chi connectivity index (χ1) is 18.2. The number of carbonyl (C=O) groups is 3. The lowest BCUT2D eigenvalue weighted by Gasteiger charge is -2.39. The van der Waals surface area contributed by atoms with Gasteiger partial charge in [-0.15, -0.1) is 10.2 Å². The van der Waals surface area contributed by atoms with Gasteiger partial charge in [-0.05, 0) is 36.1 Å². The number of benzene rings is 1. The van der Waals surface area contributed by atoms with Gasteiger partial charge in [0.2, 0.25) is 17.6 Å². The van der Waals surface area contributed by atoms with Crippen molar-refractivity contribution >= 4 is 23.6 Å². The zero-order valence-corrected chi connectivity index (χ0v) is 21.7. The van der Waals surface area contributed by atoms with E-state index in [-0.39, 0.29) is 29.6 Å². The average molecular weight is 551 g/mol. The number of carbonyl (C=O) groups excluding carboxylic acids is 2. The van der Waals surface area contributed by atoms with Crippen molar-refractivity contribution in [3.05, 3.63) is 48.0 Å². The molecule has 0 fully saturated rings. The van der Waals surface area contributed by atoms with Crippen LogP contribution in [0.4, 0.5) is 23.8 Å². The molecule has 1 aromatic carbocycles. The van der Waals surface area contributed by atoms with E-state index in [4.69, 9.17) is 4.42 Å². The molecule has 2 heterocycles. The van der Waals surface area contributed by atoms with Crippen LogP contribution in [0.15, 0.2) is 40.9 Å². The monoisotopic (exact) mass is 550 g/mol. The number of H-pyrrole nitrogens is 1. The number of nitrogens with zero attached hydrogens (tertiary/aromatic N) is 4. The predicted molar refractivity (Wildman–Crippen MR) is 132 cm³/mol. The molecule has 0 aliphatic rings. The van der Waals surface area contributed by atoms with Gasteiger partial charge in [0.25, 0.3) is 5.91 Å². The zero-order valence-electron chi connectivity index (χ0n) is 21.7. The fraction of sp³-hybridized carbons (Fsp3) is 0.440. The molecule has 0 saturated carbocycles. The van der Waals surface area contributed by atoms with Crippen molar-refractivity contribution in [2.75, 3.05) is 5.32 Å². The third kappa shape index (κ3) is 7.00. The number of anilines is 1. The molecule has 3 N–H and O–H groups in total. The smallest absolute Gasteiger partial charge is 0.416 e. The summed E-state index contributed by atoms with van der Waals surface area (Å²) in [5.74, 6) is -2.17. The standard InChI is InChI=1S/C25H29F3N6O5/c1-5-6-7-16(18(35)20(36)30-17-12-13-29-31-17)34(23(37)38)19(24(2,3)4)22-33-32-21(39-22)14-8-10-15(11-9-14)25(26,27)28/h8-13,16,19H,5-7H2,1-4H3,(H,37,38)(H2,29,30,31,36)/t16-,19+/m0/s1. The molecule has 0 radical (unpaired) electrons. The molecule has 11 nitrogen and oxygen atoms in total. The Kier molecular flexibility index (Phi) is 8.77. The van der Waals surface area contributed by atoms with E-state index in [0.717, 1.165) is 29.2 Å². The van der Waals surface area contributed by atoms with Crippen LogP contribution in [-0.2, 0) is 15.8 Å². The van der Waals surface area contributed by atoms with E-state index in [1.807, 2.05) is 6.92 Å². The van der Waals surface area contributed by atoms with Crippen LogP contribution in [0, 0.1) is 5.41 Å². The predicted octanol–water partition coefficient (Wildman–Crippen LogP) is 5.31. The molecule has 3 aromatic rings. The van der Waals surface area contributed by atoms with Gasteiger partial charge in [-0.2, -0.15) is 18.3 Å². The van der Waals surface area contributed by atoms with Crippen molar-refractivity contribution in [3.63, 3.8) is 0 Å².